The lowest BCUT2D eigenvalue weighted by atomic mass is 9.84. The standard InChI is InChI=1S/C16H14ClN3O/c17-13-8-6-11(7-9-13)10-16(12-4-2-1-3-5-12)14(21)19-15(18)20-16/h1-9H,10H2,(H3,18,19,20,21). The van der Waals surface area contributed by atoms with Crippen LogP contribution < -0.4 is 11.1 Å². The molecule has 21 heavy (non-hydrogen) atoms. The Morgan fingerprint density at radius 2 is 1.76 bits per heavy atom. The van der Waals surface area contributed by atoms with Crippen LogP contribution in [-0.2, 0) is 16.8 Å². The molecule has 1 heterocycles. The zero-order valence-electron chi connectivity index (χ0n) is 11.2. The van der Waals surface area contributed by atoms with E-state index in [2.05, 4.69) is 10.3 Å². The number of carbonyl (C=O) groups is 1. The van der Waals surface area contributed by atoms with Crippen LogP contribution in [0.1, 0.15) is 11.1 Å². The highest BCUT2D eigenvalue weighted by Gasteiger charge is 2.44. The third-order valence-corrected chi connectivity index (χ3v) is 3.81. The van der Waals surface area contributed by atoms with Crippen molar-refractivity contribution in [2.75, 3.05) is 0 Å². The van der Waals surface area contributed by atoms with Crippen molar-refractivity contribution in [2.45, 2.75) is 12.0 Å². The van der Waals surface area contributed by atoms with E-state index in [0.717, 1.165) is 11.1 Å². The number of aliphatic imine (C=N–C) groups is 1. The summed E-state index contributed by atoms with van der Waals surface area (Å²) in [5.74, 6) is -0.0565. The Morgan fingerprint density at radius 3 is 2.33 bits per heavy atom. The van der Waals surface area contributed by atoms with E-state index in [9.17, 15) is 4.79 Å². The van der Waals surface area contributed by atoms with Gasteiger partial charge in [0, 0.05) is 11.4 Å². The summed E-state index contributed by atoms with van der Waals surface area (Å²) >= 11 is 5.91. The highest BCUT2D eigenvalue weighted by molar-refractivity contribution is 6.30. The predicted molar refractivity (Wildman–Crippen MR) is 83.0 cm³/mol. The fourth-order valence-corrected chi connectivity index (χ4v) is 2.66. The van der Waals surface area contributed by atoms with Crippen LogP contribution in [0, 0.1) is 0 Å². The molecule has 3 rings (SSSR count). The number of hydrogen-bond donors (Lipinski definition) is 2. The minimum atomic E-state index is -1.01. The summed E-state index contributed by atoms with van der Waals surface area (Å²) < 4.78 is 0. The first-order chi connectivity index (χ1) is 10.1. The molecule has 0 radical (unpaired) electrons. The molecule has 0 bridgehead atoms. The largest absolute Gasteiger partial charge is 0.370 e. The zero-order valence-corrected chi connectivity index (χ0v) is 12.0. The van der Waals surface area contributed by atoms with Gasteiger partial charge in [0.1, 0.15) is 0 Å². The molecular formula is C16H14ClN3O. The van der Waals surface area contributed by atoms with E-state index in [-0.39, 0.29) is 11.9 Å². The van der Waals surface area contributed by atoms with E-state index in [1.165, 1.54) is 0 Å². The van der Waals surface area contributed by atoms with Gasteiger partial charge in [0.05, 0.1) is 0 Å². The summed E-state index contributed by atoms with van der Waals surface area (Å²) in [5.41, 5.74) is 6.48. The van der Waals surface area contributed by atoms with Crippen molar-refractivity contribution in [1.29, 1.82) is 0 Å². The maximum atomic E-state index is 12.4. The van der Waals surface area contributed by atoms with Gasteiger partial charge < -0.3 is 5.73 Å². The molecular weight excluding hydrogens is 286 g/mol. The number of halogens is 1. The van der Waals surface area contributed by atoms with Gasteiger partial charge >= 0.3 is 0 Å². The molecule has 0 saturated carbocycles. The van der Waals surface area contributed by atoms with Gasteiger partial charge in [-0.05, 0) is 23.3 Å². The fourth-order valence-electron chi connectivity index (χ4n) is 2.53. The van der Waals surface area contributed by atoms with E-state index in [1.807, 2.05) is 42.5 Å². The minimum absolute atomic E-state index is 0.151. The van der Waals surface area contributed by atoms with Crippen molar-refractivity contribution >= 4 is 23.5 Å². The van der Waals surface area contributed by atoms with Crippen LogP contribution >= 0.6 is 11.6 Å². The number of carbonyl (C=O) groups excluding carboxylic acids is 1. The van der Waals surface area contributed by atoms with E-state index in [1.54, 1.807) is 12.1 Å². The summed E-state index contributed by atoms with van der Waals surface area (Å²) in [4.78, 5) is 16.8. The molecule has 1 aliphatic heterocycles. The van der Waals surface area contributed by atoms with Gasteiger partial charge in [0.2, 0.25) is 0 Å². The number of guanidine groups is 1. The first kappa shape index (κ1) is 13.6. The number of nitrogens with two attached hydrogens (primary N) is 1. The molecule has 2 aromatic rings. The van der Waals surface area contributed by atoms with E-state index < -0.39 is 5.54 Å². The Hall–Kier alpha value is -2.33. The SMILES string of the molecule is NC1=NC(Cc2ccc(Cl)cc2)(c2ccccc2)C(=O)N1. The second-order valence-electron chi connectivity index (χ2n) is 4.98. The molecule has 0 fully saturated rings. The highest BCUT2D eigenvalue weighted by atomic mass is 35.5. The topological polar surface area (TPSA) is 67.5 Å². The summed E-state index contributed by atoms with van der Waals surface area (Å²) in [6.45, 7) is 0. The van der Waals surface area contributed by atoms with Crippen LogP contribution in [0.3, 0.4) is 0 Å². The fraction of sp³-hybridized carbons (Fsp3) is 0.125. The molecule has 0 spiro atoms. The van der Waals surface area contributed by atoms with Gasteiger partial charge in [-0.2, -0.15) is 0 Å². The number of nitrogens with zero attached hydrogens (tertiary/aromatic N) is 1. The second kappa shape index (κ2) is 5.22. The highest BCUT2D eigenvalue weighted by Crippen LogP contribution is 2.33. The lowest BCUT2D eigenvalue weighted by molar-refractivity contribution is -0.124. The Labute approximate surface area is 127 Å². The molecule has 4 nitrogen and oxygen atoms in total. The Kier molecular flexibility index (Phi) is 3.39. The number of hydrogen-bond acceptors (Lipinski definition) is 3. The van der Waals surface area contributed by atoms with E-state index >= 15 is 0 Å². The van der Waals surface area contributed by atoms with Crippen LogP contribution in [0.25, 0.3) is 0 Å². The zero-order chi connectivity index (χ0) is 14.9. The first-order valence-electron chi connectivity index (χ1n) is 6.57. The predicted octanol–water partition coefficient (Wildman–Crippen LogP) is 2.22. The Bertz CT molecular complexity index is 697. The van der Waals surface area contributed by atoms with Crippen molar-refractivity contribution in [2.24, 2.45) is 10.7 Å². The lowest BCUT2D eigenvalue weighted by Gasteiger charge is -2.24. The maximum Gasteiger partial charge on any atom is 0.259 e. The summed E-state index contributed by atoms with van der Waals surface area (Å²) in [7, 11) is 0. The molecule has 0 aliphatic carbocycles. The van der Waals surface area contributed by atoms with Gasteiger partial charge in [-0.15, -0.1) is 0 Å². The molecule has 5 heteroatoms. The first-order valence-corrected chi connectivity index (χ1v) is 6.95. The average Bonchev–Trinajstić information content (AvgIpc) is 2.77. The van der Waals surface area contributed by atoms with Crippen LogP contribution in [0.2, 0.25) is 5.02 Å². The van der Waals surface area contributed by atoms with E-state index in [0.29, 0.717) is 11.4 Å². The lowest BCUT2D eigenvalue weighted by Crippen LogP contribution is -2.40. The van der Waals surface area contributed by atoms with Crippen molar-refractivity contribution in [3.63, 3.8) is 0 Å². The molecule has 3 N–H and O–H groups in total. The Morgan fingerprint density at radius 1 is 1.10 bits per heavy atom. The number of amides is 1. The number of rotatable bonds is 3. The van der Waals surface area contributed by atoms with Gasteiger partial charge in [-0.3, -0.25) is 10.1 Å². The van der Waals surface area contributed by atoms with Crippen molar-refractivity contribution in [3.05, 3.63) is 70.7 Å². The molecule has 1 unspecified atom stereocenters. The van der Waals surface area contributed by atoms with Crippen LogP contribution in [0.15, 0.2) is 59.6 Å². The summed E-state index contributed by atoms with van der Waals surface area (Å²) in [6.07, 6.45) is 0.431. The minimum Gasteiger partial charge on any atom is -0.370 e. The molecule has 106 valence electrons. The number of benzene rings is 2. The Balaban J connectivity index is 2.06. The number of nitrogens with one attached hydrogen (secondary N) is 1. The molecule has 2 aromatic carbocycles. The summed E-state index contributed by atoms with van der Waals surface area (Å²) in [6, 6.07) is 16.8. The molecule has 1 aliphatic rings. The van der Waals surface area contributed by atoms with Crippen molar-refractivity contribution in [3.8, 4) is 0 Å². The third-order valence-electron chi connectivity index (χ3n) is 3.55. The van der Waals surface area contributed by atoms with Gasteiger partial charge in [0.25, 0.3) is 5.91 Å². The van der Waals surface area contributed by atoms with Crippen LogP contribution in [-0.4, -0.2) is 11.9 Å². The second-order valence-corrected chi connectivity index (χ2v) is 5.42. The average molecular weight is 300 g/mol. The van der Waals surface area contributed by atoms with Crippen LogP contribution in [0.5, 0.6) is 0 Å². The quantitative estimate of drug-likeness (QED) is 0.912. The van der Waals surface area contributed by atoms with Crippen molar-refractivity contribution < 1.29 is 4.79 Å². The summed E-state index contributed by atoms with van der Waals surface area (Å²) in [5, 5.41) is 3.26. The molecule has 1 atom stereocenters. The third kappa shape index (κ3) is 2.50. The van der Waals surface area contributed by atoms with Crippen molar-refractivity contribution in [1.82, 2.24) is 5.32 Å². The smallest absolute Gasteiger partial charge is 0.259 e. The van der Waals surface area contributed by atoms with Crippen LogP contribution in [0.4, 0.5) is 0 Å². The van der Waals surface area contributed by atoms with Gasteiger partial charge in [-0.25, -0.2) is 4.99 Å². The molecule has 0 saturated heterocycles. The monoisotopic (exact) mass is 299 g/mol. The van der Waals surface area contributed by atoms with E-state index in [4.69, 9.17) is 17.3 Å². The van der Waals surface area contributed by atoms with Gasteiger partial charge in [-0.1, -0.05) is 54.1 Å². The maximum absolute atomic E-state index is 12.4. The normalized spacial score (nSPS) is 21.0. The molecule has 1 amide bonds. The van der Waals surface area contributed by atoms with Gasteiger partial charge in [0.15, 0.2) is 11.5 Å². The molecule has 0 aromatic heterocycles.